The topological polar surface area (TPSA) is 38.8 Å². The van der Waals surface area contributed by atoms with Gasteiger partial charge in [0.2, 0.25) is 0 Å². The summed E-state index contributed by atoms with van der Waals surface area (Å²) >= 11 is 0. The summed E-state index contributed by atoms with van der Waals surface area (Å²) in [4.78, 5) is 14.5. The molecule has 132 valence electrons. The SMILES string of the molecule is Cc1ccccc1OC[C@@H]1C[C@H]2CC[C@@H](C1)N2C(=O)OC(C)(C)C. The average molecular weight is 331 g/mol. The maximum absolute atomic E-state index is 12.5. The summed E-state index contributed by atoms with van der Waals surface area (Å²) in [6, 6.07) is 8.76. The molecule has 0 aromatic heterocycles. The number of fused-ring (bicyclic) bond motifs is 2. The molecule has 0 radical (unpaired) electrons. The van der Waals surface area contributed by atoms with E-state index in [-0.39, 0.29) is 6.09 Å². The molecule has 2 heterocycles. The third-order valence-corrected chi connectivity index (χ3v) is 5.00. The third-order valence-electron chi connectivity index (χ3n) is 5.00. The molecular formula is C20H29NO3. The number of para-hydroxylation sites is 1. The number of carbonyl (C=O) groups excluding carboxylic acids is 1. The molecule has 24 heavy (non-hydrogen) atoms. The molecule has 1 aromatic carbocycles. The lowest BCUT2D eigenvalue weighted by molar-refractivity contribution is -0.000972. The number of nitrogens with zero attached hydrogens (tertiary/aromatic N) is 1. The summed E-state index contributed by atoms with van der Waals surface area (Å²) in [6.45, 7) is 8.59. The molecule has 1 amide bonds. The fourth-order valence-electron chi connectivity index (χ4n) is 3.96. The molecule has 2 aliphatic heterocycles. The Morgan fingerprint density at radius 1 is 1.17 bits per heavy atom. The first kappa shape index (κ1) is 17.1. The minimum absolute atomic E-state index is 0.145. The molecule has 4 nitrogen and oxygen atoms in total. The molecular weight excluding hydrogens is 302 g/mol. The predicted octanol–water partition coefficient (Wildman–Crippen LogP) is 4.55. The van der Waals surface area contributed by atoms with Crippen molar-refractivity contribution in [2.24, 2.45) is 5.92 Å². The van der Waals surface area contributed by atoms with E-state index in [0.717, 1.165) is 38.0 Å². The van der Waals surface area contributed by atoms with Crippen molar-refractivity contribution in [2.45, 2.75) is 71.1 Å². The van der Waals surface area contributed by atoms with Crippen molar-refractivity contribution in [1.29, 1.82) is 0 Å². The van der Waals surface area contributed by atoms with Crippen LogP contribution in [-0.2, 0) is 4.74 Å². The molecule has 0 unspecified atom stereocenters. The van der Waals surface area contributed by atoms with Gasteiger partial charge < -0.3 is 14.4 Å². The lowest BCUT2D eigenvalue weighted by Crippen LogP contribution is -2.49. The largest absolute Gasteiger partial charge is 0.493 e. The monoisotopic (exact) mass is 331 g/mol. The Morgan fingerprint density at radius 2 is 1.79 bits per heavy atom. The molecule has 3 atom stereocenters. The average Bonchev–Trinajstić information content (AvgIpc) is 2.76. The van der Waals surface area contributed by atoms with Crippen LogP contribution in [0.5, 0.6) is 5.75 Å². The van der Waals surface area contributed by atoms with Crippen molar-refractivity contribution in [3.8, 4) is 5.75 Å². The lowest BCUT2D eigenvalue weighted by atomic mass is 9.91. The van der Waals surface area contributed by atoms with Gasteiger partial charge >= 0.3 is 6.09 Å². The Bertz CT molecular complexity index is 579. The van der Waals surface area contributed by atoms with Crippen LogP contribution < -0.4 is 4.74 Å². The number of aryl methyl sites for hydroxylation is 1. The normalized spacial score (nSPS) is 26.3. The number of piperidine rings is 1. The highest BCUT2D eigenvalue weighted by Gasteiger charge is 2.44. The van der Waals surface area contributed by atoms with Gasteiger partial charge in [0.1, 0.15) is 11.4 Å². The molecule has 2 fully saturated rings. The van der Waals surface area contributed by atoms with Crippen LogP contribution in [0.2, 0.25) is 0 Å². The van der Waals surface area contributed by atoms with Gasteiger partial charge in [-0.15, -0.1) is 0 Å². The van der Waals surface area contributed by atoms with E-state index in [1.807, 2.05) is 43.9 Å². The Morgan fingerprint density at radius 3 is 2.38 bits per heavy atom. The van der Waals surface area contributed by atoms with Crippen LogP contribution in [0.4, 0.5) is 4.79 Å². The molecule has 2 bridgehead atoms. The van der Waals surface area contributed by atoms with E-state index < -0.39 is 5.60 Å². The van der Waals surface area contributed by atoms with Crippen LogP contribution in [0.3, 0.4) is 0 Å². The zero-order valence-corrected chi connectivity index (χ0v) is 15.2. The Labute approximate surface area is 145 Å². The highest BCUT2D eigenvalue weighted by molar-refractivity contribution is 5.69. The number of carbonyl (C=O) groups is 1. The zero-order valence-electron chi connectivity index (χ0n) is 15.2. The second-order valence-electron chi connectivity index (χ2n) is 8.19. The van der Waals surface area contributed by atoms with Gasteiger partial charge in [-0.1, -0.05) is 18.2 Å². The fourth-order valence-corrected chi connectivity index (χ4v) is 3.96. The number of hydrogen-bond acceptors (Lipinski definition) is 3. The number of hydrogen-bond donors (Lipinski definition) is 0. The van der Waals surface area contributed by atoms with Gasteiger partial charge in [-0.05, 0) is 70.9 Å². The van der Waals surface area contributed by atoms with Crippen LogP contribution in [-0.4, -0.2) is 35.3 Å². The number of benzene rings is 1. The standard InChI is InChI=1S/C20H29NO3/c1-14-7-5-6-8-18(14)23-13-15-11-16-9-10-17(12-15)21(16)19(22)24-20(2,3)4/h5-8,15-17H,9-13H2,1-4H3/t15-,16-,17+. The Hall–Kier alpha value is -1.71. The maximum atomic E-state index is 12.5. The first-order valence-corrected chi connectivity index (χ1v) is 9.03. The van der Waals surface area contributed by atoms with Gasteiger partial charge in [-0.25, -0.2) is 4.79 Å². The summed E-state index contributed by atoms with van der Waals surface area (Å²) in [6.07, 6.45) is 4.06. The van der Waals surface area contributed by atoms with Crippen molar-refractivity contribution in [1.82, 2.24) is 4.90 Å². The highest BCUT2D eigenvalue weighted by atomic mass is 16.6. The second kappa shape index (κ2) is 6.66. The van der Waals surface area contributed by atoms with Gasteiger partial charge in [0.15, 0.2) is 0 Å². The first-order valence-electron chi connectivity index (χ1n) is 9.03. The maximum Gasteiger partial charge on any atom is 0.410 e. The minimum Gasteiger partial charge on any atom is -0.493 e. The quantitative estimate of drug-likeness (QED) is 0.815. The molecule has 0 saturated carbocycles. The summed E-state index contributed by atoms with van der Waals surface area (Å²) in [5.41, 5.74) is 0.744. The summed E-state index contributed by atoms with van der Waals surface area (Å²) < 4.78 is 11.6. The molecule has 0 aliphatic carbocycles. The van der Waals surface area contributed by atoms with Gasteiger partial charge in [0.25, 0.3) is 0 Å². The van der Waals surface area contributed by atoms with E-state index in [4.69, 9.17) is 9.47 Å². The summed E-state index contributed by atoms with van der Waals surface area (Å²) in [7, 11) is 0. The lowest BCUT2D eigenvalue weighted by Gasteiger charge is -2.39. The van der Waals surface area contributed by atoms with Crippen LogP contribution in [0.15, 0.2) is 24.3 Å². The van der Waals surface area contributed by atoms with Crippen molar-refractivity contribution >= 4 is 6.09 Å². The predicted molar refractivity (Wildman–Crippen MR) is 94.3 cm³/mol. The van der Waals surface area contributed by atoms with Crippen LogP contribution in [0.1, 0.15) is 52.0 Å². The van der Waals surface area contributed by atoms with Gasteiger partial charge in [-0.2, -0.15) is 0 Å². The van der Waals surface area contributed by atoms with Crippen molar-refractivity contribution in [3.63, 3.8) is 0 Å². The molecule has 0 N–H and O–H groups in total. The fraction of sp³-hybridized carbons (Fsp3) is 0.650. The Kier molecular flexibility index (Phi) is 4.75. The van der Waals surface area contributed by atoms with Crippen LogP contribution in [0, 0.1) is 12.8 Å². The van der Waals surface area contributed by atoms with E-state index >= 15 is 0 Å². The van der Waals surface area contributed by atoms with Crippen LogP contribution >= 0.6 is 0 Å². The molecule has 3 rings (SSSR count). The van der Waals surface area contributed by atoms with Crippen molar-refractivity contribution in [3.05, 3.63) is 29.8 Å². The number of ether oxygens (including phenoxy) is 2. The Balaban J connectivity index is 1.57. The van der Waals surface area contributed by atoms with E-state index in [1.54, 1.807) is 0 Å². The van der Waals surface area contributed by atoms with E-state index in [9.17, 15) is 4.79 Å². The van der Waals surface area contributed by atoms with E-state index in [1.165, 1.54) is 5.56 Å². The zero-order chi connectivity index (χ0) is 17.3. The smallest absolute Gasteiger partial charge is 0.410 e. The minimum atomic E-state index is -0.429. The molecule has 1 aromatic rings. The van der Waals surface area contributed by atoms with Crippen molar-refractivity contribution < 1.29 is 14.3 Å². The van der Waals surface area contributed by atoms with Crippen LogP contribution in [0.25, 0.3) is 0 Å². The molecule has 4 heteroatoms. The summed E-state index contributed by atoms with van der Waals surface area (Å²) in [5, 5.41) is 0. The molecule has 2 saturated heterocycles. The third kappa shape index (κ3) is 3.85. The van der Waals surface area contributed by atoms with Gasteiger partial charge in [-0.3, -0.25) is 0 Å². The first-order chi connectivity index (χ1) is 11.3. The number of amides is 1. The van der Waals surface area contributed by atoms with E-state index in [2.05, 4.69) is 13.0 Å². The highest BCUT2D eigenvalue weighted by Crippen LogP contribution is 2.39. The molecule has 2 aliphatic rings. The summed E-state index contributed by atoms with van der Waals surface area (Å²) in [5.74, 6) is 1.49. The van der Waals surface area contributed by atoms with E-state index in [0.29, 0.717) is 18.0 Å². The molecule has 0 spiro atoms. The second-order valence-corrected chi connectivity index (χ2v) is 8.19. The van der Waals surface area contributed by atoms with Gasteiger partial charge in [0.05, 0.1) is 6.61 Å². The van der Waals surface area contributed by atoms with Crippen molar-refractivity contribution in [2.75, 3.05) is 6.61 Å². The van der Waals surface area contributed by atoms with Gasteiger partial charge in [0, 0.05) is 12.1 Å². The number of rotatable bonds is 3.